The van der Waals surface area contributed by atoms with Gasteiger partial charge in [-0.15, -0.1) is 0 Å². The monoisotopic (exact) mass is 310 g/mol. The van der Waals surface area contributed by atoms with Gasteiger partial charge in [0, 0.05) is 19.1 Å². The Morgan fingerprint density at radius 1 is 1.43 bits per heavy atom. The fourth-order valence-corrected chi connectivity index (χ4v) is 5.11. The van der Waals surface area contributed by atoms with Gasteiger partial charge in [0.1, 0.15) is 0 Å². The van der Waals surface area contributed by atoms with Gasteiger partial charge in [0.2, 0.25) is 10.0 Å². The zero-order chi connectivity index (χ0) is 14.9. The van der Waals surface area contributed by atoms with Crippen molar-refractivity contribution >= 4 is 10.0 Å². The van der Waals surface area contributed by atoms with E-state index in [0.717, 1.165) is 37.1 Å². The molecule has 1 atom stereocenters. The Hall–Kier alpha value is -0.950. The van der Waals surface area contributed by atoms with E-state index in [2.05, 4.69) is 5.32 Å². The second-order valence-electron chi connectivity index (χ2n) is 5.57. The molecule has 5 nitrogen and oxygen atoms in total. The SMILES string of the molecule is CCC1COCCN1S(=O)(=O)c1cccc2c1CCNC2. The average molecular weight is 310 g/mol. The molecule has 0 saturated carbocycles. The number of fused-ring (bicyclic) bond motifs is 1. The van der Waals surface area contributed by atoms with Crippen molar-refractivity contribution in [2.75, 3.05) is 26.3 Å². The highest BCUT2D eigenvalue weighted by atomic mass is 32.2. The number of ether oxygens (including phenoxy) is 1. The summed E-state index contributed by atoms with van der Waals surface area (Å²) in [6, 6.07) is 5.56. The Labute approximate surface area is 126 Å². The van der Waals surface area contributed by atoms with Crippen molar-refractivity contribution in [2.45, 2.75) is 37.2 Å². The van der Waals surface area contributed by atoms with E-state index in [1.54, 1.807) is 10.4 Å². The third kappa shape index (κ3) is 2.73. The lowest BCUT2D eigenvalue weighted by molar-refractivity contribution is 0.0314. The first-order chi connectivity index (χ1) is 10.1. The maximum Gasteiger partial charge on any atom is 0.243 e. The van der Waals surface area contributed by atoms with Crippen LogP contribution in [-0.4, -0.2) is 45.1 Å². The van der Waals surface area contributed by atoms with Crippen LogP contribution >= 0.6 is 0 Å². The van der Waals surface area contributed by atoms with Crippen molar-refractivity contribution in [1.82, 2.24) is 9.62 Å². The summed E-state index contributed by atoms with van der Waals surface area (Å²) in [5.41, 5.74) is 2.08. The maximum atomic E-state index is 13.1. The molecule has 1 saturated heterocycles. The number of rotatable bonds is 3. The molecular weight excluding hydrogens is 288 g/mol. The number of hydrogen-bond donors (Lipinski definition) is 1. The zero-order valence-corrected chi connectivity index (χ0v) is 13.2. The number of nitrogens with zero attached hydrogens (tertiary/aromatic N) is 1. The minimum absolute atomic E-state index is 0.0543. The standard InChI is InChI=1S/C15H22N2O3S/c1-2-13-11-20-9-8-17(13)21(18,19)15-5-3-4-12-10-16-7-6-14(12)15/h3-5,13,16H,2,6-11H2,1H3. The van der Waals surface area contributed by atoms with Crippen molar-refractivity contribution in [1.29, 1.82) is 0 Å². The third-order valence-electron chi connectivity index (χ3n) is 4.33. The first-order valence-electron chi connectivity index (χ1n) is 7.55. The summed E-state index contributed by atoms with van der Waals surface area (Å²) < 4.78 is 33.2. The normalized spacial score (nSPS) is 23.8. The van der Waals surface area contributed by atoms with Gasteiger partial charge >= 0.3 is 0 Å². The number of hydrogen-bond acceptors (Lipinski definition) is 4. The molecule has 21 heavy (non-hydrogen) atoms. The second-order valence-corrected chi connectivity index (χ2v) is 7.43. The molecule has 1 unspecified atom stereocenters. The van der Waals surface area contributed by atoms with E-state index >= 15 is 0 Å². The van der Waals surface area contributed by atoms with Gasteiger partial charge in [-0.1, -0.05) is 19.1 Å². The molecule has 3 rings (SSSR count). The summed E-state index contributed by atoms with van der Waals surface area (Å²) in [5.74, 6) is 0. The molecule has 1 aromatic carbocycles. The summed E-state index contributed by atoms with van der Waals surface area (Å²) in [4.78, 5) is 0.488. The topological polar surface area (TPSA) is 58.6 Å². The Morgan fingerprint density at radius 3 is 3.10 bits per heavy atom. The van der Waals surface area contributed by atoms with Gasteiger partial charge in [-0.3, -0.25) is 0 Å². The first kappa shape index (κ1) is 15.0. The molecule has 0 radical (unpaired) electrons. The van der Waals surface area contributed by atoms with Crippen molar-refractivity contribution in [3.05, 3.63) is 29.3 Å². The van der Waals surface area contributed by atoms with Crippen LogP contribution in [0.15, 0.2) is 23.1 Å². The molecule has 1 fully saturated rings. The van der Waals surface area contributed by atoms with E-state index in [1.165, 1.54) is 0 Å². The van der Waals surface area contributed by atoms with Gasteiger partial charge in [0.05, 0.1) is 18.1 Å². The van der Waals surface area contributed by atoms with Crippen LogP contribution in [0.2, 0.25) is 0 Å². The number of benzene rings is 1. The van der Waals surface area contributed by atoms with Crippen LogP contribution in [-0.2, 0) is 27.7 Å². The molecular formula is C15H22N2O3S. The van der Waals surface area contributed by atoms with Gasteiger partial charge in [-0.25, -0.2) is 8.42 Å². The largest absolute Gasteiger partial charge is 0.378 e. The molecule has 2 heterocycles. The van der Waals surface area contributed by atoms with Gasteiger partial charge < -0.3 is 10.1 Å². The van der Waals surface area contributed by atoms with E-state index in [9.17, 15) is 8.42 Å². The van der Waals surface area contributed by atoms with Gasteiger partial charge in [0.25, 0.3) is 0 Å². The average Bonchev–Trinajstić information content (AvgIpc) is 2.54. The van der Waals surface area contributed by atoms with E-state index < -0.39 is 10.0 Å². The highest BCUT2D eigenvalue weighted by molar-refractivity contribution is 7.89. The molecule has 1 N–H and O–H groups in total. The number of nitrogens with one attached hydrogen (secondary N) is 1. The summed E-state index contributed by atoms with van der Waals surface area (Å²) in [6.45, 7) is 5.01. The van der Waals surface area contributed by atoms with E-state index in [-0.39, 0.29) is 6.04 Å². The summed E-state index contributed by atoms with van der Waals surface area (Å²) in [6.07, 6.45) is 1.54. The molecule has 6 heteroatoms. The molecule has 1 aromatic rings. The Kier molecular flexibility index (Phi) is 4.31. The summed E-state index contributed by atoms with van der Waals surface area (Å²) >= 11 is 0. The van der Waals surface area contributed by atoms with Gasteiger partial charge in [-0.2, -0.15) is 4.31 Å². The lowest BCUT2D eigenvalue weighted by atomic mass is 10.0. The van der Waals surface area contributed by atoms with Crippen LogP contribution in [0, 0.1) is 0 Å². The minimum atomic E-state index is -3.44. The van der Waals surface area contributed by atoms with Crippen LogP contribution < -0.4 is 5.32 Å². The Balaban J connectivity index is 2.02. The lowest BCUT2D eigenvalue weighted by Crippen LogP contribution is -2.48. The highest BCUT2D eigenvalue weighted by Gasteiger charge is 2.35. The molecule has 0 spiro atoms. The molecule has 116 valence electrons. The van der Waals surface area contributed by atoms with Gasteiger partial charge in [-0.05, 0) is 36.6 Å². The van der Waals surface area contributed by atoms with Crippen molar-refractivity contribution in [3.8, 4) is 0 Å². The number of morpholine rings is 1. The van der Waals surface area contributed by atoms with Crippen molar-refractivity contribution in [2.24, 2.45) is 0 Å². The minimum Gasteiger partial charge on any atom is -0.378 e. The Morgan fingerprint density at radius 2 is 2.29 bits per heavy atom. The quantitative estimate of drug-likeness (QED) is 0.909. The fourth-order valence-electron chi connectivity index (χ4n) is 3.14. The third-order valence-corrected chi connectivity index (χ3v) is 6.37. The molecule has 0 amide bonds. The highest BCUT2D eigenvalue weighted by Crippen LogP contribution is 2.28. The van der Waals surface area contributed by atoms with Crippen LogP contribution in [0.4, 0.5) is 0 Å². The molecule has 2 aliphatic heterocycles. The van der Waals surface area contributed by atoms with Crippen LogP contribution in [0.5, 0.6) is 0 Å². The molecule has 0 aromatic heterocycles. The summed E-state index contributed by atoms with van der Waals surface area (Å²) in [5, 5.41) is 3.29. The smallest absolute Gasteiger partial charge is 0.243 e. The van der Waals surface area contributed by atoms with E-state index in [0.29, 0.717) is 24.7 Å². The predicted octanol–water partition coefficient (Wildman–Crippen LogP) is 1.13. The van der Waals surface area contributed by atoms with Crippen LogP contribution in [0.1, 0.15) is 24.5 Å². The maximum absolute atomic E-state index is 13.1. The summed E-state index contributed by atoms with van der Waals surface area (Å²) in [7, 11) is -3.44. The number of sulfonamides is 1. The van der Waals surface area contributed by atoms with Crippen molar-refractivity contribution in [3.63, 3.8) is 0 Å². The molecule has 2 aliphatic rings. The second kappa shape index (κ2) is 6.04. The predicted molar refractivity (Wildman–Crippen MR) is 80.6 cm³/mol. The lowest BCUT2D eigenvalue weighted by Gasteiger charge is -2.35. The fraction of sp³-hybridized carbons (Fsp3) is 0.600. The first-order valence-corrected chi connectivity index (χ1v) is 8.99. The Bertz CT molecular complexity index is 615. The van der Waals surface area contributed by atoms with Crippen molar-refractivity contribution < 1.29 is 13.2 Å². The molecule has 0 bridgehead atoms. The van der Waals surface area contributed by atoms with E-state index in [1.807, 2.05) is 19.1 Å². The molecule has 0 aliphatic carbocycles. The zero-order valence-electron chi connectivity index (χ0n) is 12.3. The van der Waals surface area contributed by atoms with E-state index in [4.69, 9.17) is 4.74 Å². The van der Waals surface area contributed by atoms with Crippen LogP contribution in [0.25, 0.3) is 0 Å². The van der Waals surface area contributed by atoms with Gasteiger partial charge in [0.15, 0.2) is 0 Å². The van der Waals surface area contributed by atoms with Crippen LogP contribution in [0.3, 0.4) is 0 Å².